The van der Waals surface area contributed by atoms with Gasteiger partial charge in [0.25, 0.3) is 0 Å². The summed E-state index contributed by atoms with van der Waals surface area (Å²) in [6, 6.07) is 8.34. The molecule has 232 valence electrons. The highest BCUT2D eigenvalue weighted by molar-refractivity contribution is 8.14. The maximum atomic E-state index is 13.8. The Labute approximate surface area is 259 Å². The average molecular weight is 623 g/mol. The summed E-state index contributed by atoms with van der Waals surface area (Å²) in [6.45, 7) is 6.56. The Balaban J connectivity index is 1.26. The van der Waals surface area contributed by atoms with Gasteiger partial charge in [0, 0.05) is 11.0 Å². The summed E-state index contributed by atoms with van der Waals surface area (Å²) < 4.78 is 40.1. The number of aliphatic hydroxyl groups excluding tert-OH is 1. The molecule has 0 unspecified atom stereocenters. The van der Waals surface area contributed by atoms with Crippen LogP contribution in [-0.2, 0) is 11.2 Å². The zero-order chi connectivity index (χ0) is 31.0. The molecule has 0 aliphatic heterocycles. The molecule has 4 aliphatic carbocycles. The molecule has 4 aliphatic rings. The van der Waals surface area contributed by atoms with Crippen LogP contribution in [0.3, 0.4) is 0 Å². The van der Waals surface area contributed by atoms with E-state index in [9.17, 15) is 23.5 Å². The number of hydrogen-bond donors (Lipinski definition) is 1. The number of aromatic nitrogens is 2. The quantitative estimate of drug-likeness (QED) is 0.306. The molecular weight excluding hydrogens is 586 g/mol. The minimum absolute atomic E-state index is 0.0818. The number of benzene rings is 1. The van der Waals surface area contributed by atoms with Crippen LogP contribution in [-0.4, -0.2) is 44.2 Å². The third kappa shape index (κ3) is 4.42. The van der Waals surface area contributed by atoms with Crippen molar-refractivity contribution in [1.82, 2.24) is 9.78 Å². The number of hydrogen-bond acceptors (Lipinski definition) is 7. The van der Waals surface area contributed by atoms with Gasteiger partial charge in [-0.25, -0.2) is 18.3 Å². The normalized spacial score (nSPS) is 33.9. The number of alkyl halides is 1. The Kier molecular flexibility index (Phi) is 7.16. The van der Waals surface area contributed by atoms with Crippen LogP contribution in [0, 0.1) is 40.3 Å². The van der Waals surface area contributed by atoms with Gasteiger partial charge in [0.05, 0.1) is 23.7 Å². The van der Waals surface area contributed by atoms with E-state index in [4.69, 9.17) is 9.15 Å². The van der Waals surface area contributed by atoms with Crippen molar-refractivity contribution in [2.45, 2.75) is 65.1 Å². The number of furan rings is 1. The number of aliphatic hydroxyl groups is 1. The lowest BCUT2D eigenvalue weighted by atomic mass is 9.45. The molecular formula is C34H36F2N2O5S. The number of esters is 1. The second kappa shape index (κ2) is 10.7. The molecule has 2 aromatic heterocycles. The Bertz CT molecular complexity index is 1640. The number of fused-ring (bicyclic) bond motifs is 6. The van der Waals surface area contributed by atoms with E-state index in [0.717, 1.165) is 30.5 Å². The van der Waals surface area contributed by atoms with Crippen molar-refractivity contribution in [3.05, 3.63) is 76.8 Å². The van der Waals surface area contributed by atoms with Crippen LogP contribution in [0.25, 0.3) is 11.8 Å². The number of nitrogens with zero attached hydrogens (tertiary/aromatic N) is 2. The number of carbonyl (C=O) groups excluding carboxylic acids is 2. The first-order valence-corrected chi connectivity index (χ1v) is 16.3. The average Bonchev–Trinajstić information content (AvgIpc) is 3.71. The second-order valence-corrected chi connectivity index (χ2v) is 14.4. The zero-order valence-corrected chi connectivity index (χ0v) is 25.8. The Morgan fingerprint density at radius 2 is 1.98 bits per heavy atom. The Morgan fingerprint density at radius 1 is 1.20 bits per heavy atom. The maximum Gasteiger partial charge on any atom is 0.374 e. The van der Waals surface area contributed by atoms with Crippen LogP contribution < -0.4 is 0 Å². The van der Waals surface area contributed by atoms with Crippen molar-refractivity contribution >= 4 is 28.9 Å². The molecule has 10 heteroatoms. The first kappa shape index (κ1) is 29.5. The molecule has 7 rings (SSSR count). The standard InChI is InChI=1S/C34H36F2N2O5S/c1-18-13-21-23-10-11-28(43-31(40)27-5-4-12-42-27)33(23,2)16-26(39)29(21)34(3)15-22-25(14-24(18)34)38(20-8-6-19(36)7-9-20)37-30(22)32(41)44-17-35/h4-9,12,14,18,21,23,26,28-29,39H,10-11,13,15-17H2,1-3H3/t18-,21-,23-,26-,28+,29+,33-,34-/m0/s1. The highest BCUT2D eigenvalue weighted by Gasteiger charge is 2.64. The van der Waals surface area contributed by atoms with Gasteiger partial charge >= 0.3 is 5.97 Å². The van der Waals surface area contributed by atoms with Crippen LogP contribution >= 0.6 is 11.8 Å². The maximum absolute atomic E-state index is 13.8. The lowest BCUT2D eigenvalue weighted by Crippen LogP contribution is -2.59. The summed E-state index contributed by atoms with van der Waals surface area (Å²) >= 11 is 0.577. The fourth-order valence-corrected chi connectivity index (χ4v) is 9.89. The van der Waals surface area contributed by atoms with E-state index in [2.05, 4.69) is 31.9 Å². The van der Waals surface area contributed by atoms with Crippen molar-refractivity contribution in [3.63, 3.8) is 0 Å². The fourth-order valence-electron chi connectivity index (χ4n) is 9.49. The summed E-state index contributed by atoms with van der Waals surface area (Å²) in [5, 5.41) is 16.2. The van der Waals surface area contributed by atoms with E-state index >= 15 is 0 Å². The molecule has 3 fully saturated rings. The molecule has 2 heterocycles. The highest BCUT2D eigenvalue weighted by atomic mass is 32.2. The smallest absolute Gasteiger partial charge is 0.374 e. The number of allylic oxidation sites excluding steroid dienone is 1. The van der Waals surface area contributed by atoms with Crippen LogP contribution in [0.4, 0.5) is 8.78 Å². The number of ether oxygens (including phenoxy) is 1. The molecule has 8 atom stereocenters. The van der Waals surface area contributed by atoms with E-state index in [0.29, 0.717) is 30.3 Å². The first-order chi connectivity index (χ1) is 21.0. The van der Waals surface area contributed by atoms with Gasteiger partial charge in [0.1, 0.15) is 23.6 Å². The number of rotatable bonds is 5. The number of halogens is 2. The van der Waals surface area contributed by atoms with Crippen molar-refractivity contribution in [2.24, 2.45) is 34.5 Å². The second-order valence-electron chi connectivity index (χ2n) is 13.5. The number of thioether (sulfide) groups is 1. The molecule has 0 radical (unpaired) electrons. The van der Waals surface area contributed by atoms with E-state index in [1.165, 1.54) is 24.0 Å². The zero-order valence-electron chi connectivity index (χ0n) is 25.0. The summed E-state index contributed by atoms with van der Waals surface area (Å²) in [4.78, 5) is 26.0. The third-order valence-corrected chi connectivity index (χ3v) is 11.8. The van der Waals surface area contributed by atoms with Crippen LogP contribution in [0.2, 0.25) is 0 Å². The predicted molar refractivity (Wildman–Crippen MR) is 161 cm³/mol. The summed E-state index contributed by atoms with van der Waals surface area (Å²) in [6.07, 6.45) is 6.06. The van der Waals surface area contributed by atoms with E-state index in [1.807, 2.05) is 0 Å². The lowest BCUT2D eigenvalue weighted by molar-refractivity contribution is -0.143. The third-order valence-electron chi connectivity index (χ3n) is 11.2. The van der Waals surface area contributed by atoms with Crippen LogP contribution in [0.5, 0.6) is 0 Å². The van der Waals surface area contributed by atoms with Gasteiger partial charge in [0.2, 0.25) is 10.9 Å². The lowest BCUT2D eigenvalue weighted by Gasteiger charge is -2.60. The van der Waals surface area contributed by atoms with Gasteiger partial charge in [-0.3, -0.25) is 4.79 Å². The highest BCUT2D eigenvalue weighted by Crippen LogP contribution is 2.67. The Morgan fingerprint density at radius 3 is 2.68 bits per heavy atom. The van der Waals surface area contributed by atoms with Gasteiger partial charge in [0.15, 0.2) is 0 Å². The molecule has 1 N–H and O–H groups in total. The predicted octanol–water partition coefficient (Wildman–Crippen LogP) is 7.03. The van der Waals surface area contributed by atoms with Gasteiger partial charge < -0.3 is 14.3 Å². The van der Waals surface area contributed by atoms with Gasteiger partial charge in [-0.15, -0.1) is 0 Å². The van der Waals surface area contributed by atoms with E-state index in [1.54, 1.807) is 28.9 Å². The summed E-state index contributed by atoms with van der Waals surface area (Å²) in [7, 11) is 0. The van der Waals surface area contributed by atoms with Crippen molar-refractivity contribution < 1.29 is 32.6 Å². The molecule has 3 saturated carbocycles. The molecule has 44 heavy (non-hydrogen) atoms. The fraction of sp³-hybridized carbons (Fsp3) is 0.500. The van der Waals surface area contributed by atoms with Gasteiger partial charge in [-0.1, -0.05) is 26.3 Å². The van der Waals surface area contributed by atoms with E-state index < -0.39 is 28.6 Å². The van der Waals surface area contributed by atoms with Crippen LogP contribution in [0.1, 0.15) is 78.8 Å². The largest absolute Gasteiger partial charge is 0.457 e. The van der Waals surface area contributed by atoms with Crippen LogP contribution in [0.15, 0.2) is 52.7 Å². The molecule has 0 bridgehead atoms. The minimum Gasteiger partial charge on any atom is -0.457 e. The molecule has 0 amide bonds. The SMILES string of the molecule is C[C@H]1C[C@@H]2[C@H]([C@@H](O)C[C@]3(C)[C@H](OC(=O)c4ccco4)CC[C@@H]23)[C@@]2(C)Cc3c(C(=O)SCF)nn(-c4ccc(F)cc4)c3C=C12. The summed E-state index contributed by atoms with van der Waals surface area (Å²) in [5.41, 5.74) is 2.66. The molecule has 0 saturated heterocycles. The molecule has 3 aromatic rings. The molecule has 7 nitrogen and oxygen atoms in total. The first-order valence-electron chi connectivity index (χ1n) is 15.3. The summed E-state index contributed by atoms with van der Waals surface area (Å²) in [5.74, 6) is -0.144. The van der Waals surface area contributed by atoms with Crippen molar-refractivity contribution in [3.8, 4) is 5.69 Å². The van der Waals surface area contributed by atoms with Crippen molar-refractivity contribution in [1.29, 1.82) is 0 Å². The topological polar surface area (TPSA) is 94.6 Å². The van der Waals surface area contributed by atoms with E-state index in [-0.39, 0.29) is 52.5 Å². The monoisotopic (exact) mass is 622 g/mol. The molecule has 1 aromatic carbocycles. The molecule has 0 spiro atoms. The Hall–Kier alpha value is -3.24. The number of carbonyl (C=O) groups is 2. The minimum atomic E-state index is -0.859. The van der Waals surface area contributed by atoms with Gasteiger partial charge in [-0.05, 0) is 115 Å². The van der Waals surface area contributed by atoms with Crippen molar-refractivity contribution in [2.75, 3.05) is 6.01 Å². The van der Waals surface area contributed by atoms with Gasteiger partial charge in [-0.2, -0.15) is 5.10 Å².